The Morgan fingerprint density at radius 2 is 0.913 bits per heavy atom. The topological polar surface area (TPSA) is 68.3 Å². The zero-order valence-corrected chi connectivity index (χ0v) is 19.1. The Morgan fingerprint density at radius 3 is 1.22 bits per heavy atom. The summed E-state index contributed by atoms with van der Waals surface area (Å²) in [5.41, 5.74) is 1.99. The van der Waals surface area contributed by atoms with Crippen LogP contribution in [0.3, 0.4) is 0 Å². The third kappa shape index (κ3) is 5.45. The summed E-state index contributed by atoms with van der Waals surface area (Å²) >= 11 is -1.84. The second-order valence-electron chi connectivity index (χ2n) is 4.74. The third-order valence-corrected chi connectivity index (χ3v) is 44.6. The molecule has 0 aromatic heterocycles. The Hall–Kier alpha value is -0.102. The first-order chi connectivity index (χ1) is 10.7. The first-order valence-corrected chi connectivity index (χ1v) is 22.1. The molecule has 9 heteroatoms. The van der Waals surface area contributed by atoms with Gasteiger partial charge < -0.3 is 0 Å². The molecule has 0 N–H and O–H groups in total. The summed E-state index contributed by atoms with van der Waals surface area (Å²) in [5, 5.41) is 0. The van der Waals surface area contributed by atoms with Crippen LogP contribution in [0.25, 0.3) is 0 Å². The molecule has 0 saturated carbocycles. The average molecular weight is 547 g/mol. The quantitative estimate of drug-likeness (QED) is 0.513. The maximum absolute atomic E-state index is 12.3. The molecule has 0 aliphatic carbocycles. The van der Waals surface area contributed by atoms with Crippen LogP contribution < -0.4 is 0 Å². The van der Waals surface area contributed by atoms with Gasteiger partial charge in [-0.05, 0) is 0 Å². The Labute approximate surface area is 151 Å². The molecule has 2 aromatic carbocycles. The number of benzene rings is 2. The van der Waals surface area contributed by atoms with Gasteiger partial charge in [0.05, 0.1) is 0 Å². The van der Waals surface area contributed by atoms with Crippen LogP contribution in [-0.2, 0) is 16.5 Å². The molecule has 0 unspecified atom stereocenters. The first-order valence-electron chi connectivity index (χ1n) is 6.38. The van der Waals surface area contributed by atoms with Crippen LogP contribution in [0.4, 0.5) is 0 Å². The van der Waals surface area contributed by atoms with Crippen molar-refractivity contribution in [1.29, 1.82) is 0 Å². The Balaban J connectivity index is 2.03. The van der Waals surface area contributed by atoms with E-state index in [0.29, 0.717) is 0 Å². The minimum absolute atomic E-state index is 0.286. The second-order valence-corrected chi connectivity index (χ2v) is 33.4. The van der Waals surface area contributed by atoms with Crippen molar-refractivity contribution in [3.05, 3.63) is 59.7 Å². The van der Waals surface area contributed by atoms with E-state index in [4.69, 9.17) is 0 Å². The van der Waals surface area contributed by atoms with Gasteiger partial charge in [-0.15, -0.1) is 0 Å². The van der Waals surface area contributed by atoms with Gasteiger partial charge in [-0.1, -0.05) is 0 Å². The summed E-state index contributed by atoms with van der Waals surface area (Å²) in [6.07, 6.45) is 0. The molecular formula is C14H14O4S2Se3. The molecule has 0 heterocycles. The van der Waals surface area contributed by atoms with E-state index in [1.165, 1.54) is 0 Å². The standard InChI is InChI=1S/C14H14O4S2Se3/c1-11-3-7-13(8-4-11)19(15,16)21-23-22-20(17,18)14-9-5-12(2)6-10-14/h3-10H,1-2H3. The van der Waals surface area contributed by atoms with Gasteiger partial charge in [-0.3, -0.25) is 0 Å². The van der Waals surface area contributed by atoms with Crippen molar-refractivity contribution < 1.29 is 16.8 Å². The molecule has 23 heavy (non-hydrogen) atoms. The molecule has 0 aliphatic rings. The van der Waals surface area contributed by atoms with E-state index < -0.39 is 51.8 Å². The molecule has 124 valence electrons. The maximum atomic E-state index is 12.3. The van der Waals surface area contributed by atoms with E-state index in [1.807, 2.05) is 13.8 Å². The van der Waals surface area contributed by atoms with E-state index in [1.54, 1.807) is 48.5 Å². The van der Waals surface area contributed by atoms with Gasteiger partial charge in [-0.25, -0.2) is 0 Å². The van der Waals surface area contributed by atoms with Crippen molar-refractivity contribution in [1.82, 2.24) is 0 Å². The first kappa shape index (κ1) is 19.2. The number of hydrogen-bond donors (Lipinski definition) is 0. The van der Waals surface area contributed by atoms with Gasteiger partial charge in [0.1, 0.15) is 0 Å². The molecule has 4 nitrogen and oxygen atoms in total. The van der Waals surface area contributed by atoms with E-state index in [9.17, 15) is 16.8 Å². The van der Waals surface area contributed by atoms with E-state index in [0.717, 1.165) is 11.1 Å². The predicted molar refractivity (Wildman–Crippen MR) is 94.0 cm³/mol. The fourth-order valence-electron chi connectivity index (χ4n) is 1.57. The zero-order chi connectivity index (χ0) is 17.1. The van der Waals surface area contributed by atoms with E-state index >= 15 is 0 Å². The number of rotatable bonds is 6. The summed E-state index contributed by atoms with van der Waals surface area (Å²) in [4.78, 5) is 0.571. The van der Waals surface area contributed by atoms with Gasteiger partial charge in [0.25, 0.3) is 0 Å². The normalized spacial score (nSPS) is 12.3. The second kappa shape index (κ2) is 7.85. The molecule has 0 atom stereocenters. The summed E-state index contributed by atoms with van der Waals surface area (Å²) < 4.78 is 49.1. The fourth-order valence-corrected chi connectivity index (χ4v) is 55.2. The summed E-state index contributed by atoms with van der Waals surface area (Å²) in [7, 11) is -6.69. The summed E-state index contributed by atoms with van der Waals surface area (Å²) in [6, 6.07) is 13.4. The third-order valence-electron chi connectivity index (χ3n) is 2.85. The molecule has 0 fully saturated rings. The fraction of sp³-hybridized carbons (Fsp3) is 0.143. The Morgan fingerprint density at radius 1 is 0.609 bits per heavy atom. The van der Waals surface area contributed by atoms with Crippen molar-refractivity contribution in [2.45, 2.75) is 23.6 Å². The van der Waals surface area contributed by atoms with Crippen LogP contribution in [0.1, 0.15) is 11.1 Å². The zero-order valence-electron chi connectivity index (χ0n) is 12.3. The molecule has 2 aromatic rings. The molecular weight excluding hydrogens is 533 g/mol. The van der Waals surface area contributed by atoms with Crippen LogP contribution in [0.5, 0.6) is 0 Å². The Bertz CT molecular complexity index is 799. The van der Waals surface area contributed by atoms with Crippen molar-refractivity contribution >= 4 is 51.8 Å². The molecule has 0 amide bonds. The van der Waals surface area contributed by atoms with Crippen molar-refractivity contribution in [3.8, 4) is 0 Å². The Kier molecular flexibility index (Phi) is 6.56. The SMILES string of the molecule is Cc1ccc(S(=O)(=O)[Se][Se][Se]S(=O)(=O)c2ccc(C)cc2)cc1. The van der Waals surface area contributed by atoms with Crippen LogP contribution >= 0.6 is 0 Å². The van der Waals surface area contributed by atoms with Crippen LogP contribution in [-0.4, -0.2) is 52.2 Å². The molecule has 0 bridgehead atoms. The van der Waals surface area contributed by atoms with Gasteiger partial charge in [0.15, 0.2) is 0 Å². The molecule has 0 saturated heterocycles. The van der Waals surface area contributed by atoms with E-state index in [-0.39, 0.29) is 9.79 Å². The molecule has 2 rings (SSSR count). The van der Waals surface area contributed by atoms with Gasteiger partial charge in [-0.2, -0.15) is 0 Å². The monoisotopic (exact) mass is 550 g/mol. The number of hydrogen-bond acceptors (Lipinski definition) is 4. The van der Waals surface area contributed by atoms with Crippen molar-refractivity contribution in [3.63, 3.8) is 0 Å². The summed E-state index contributed by atoms with van der Waals surface area (Å²) in [6.45, 7) is 3.78. The molecule has 0 spiro atoms. The molecule has 0 radical (unpaired) electrons. The van der Waals surface area contributed by atoms with Gasteiger partial charge in [0.2, 0.25) is 0 Å². The van der Waals surface area contributed by atoms with Crippen molar-refractivity contribution in [2.75, 3.05) is 0 Å². The molecule has 0 aliphatic heterocycles. The van der Waals surface area contributed by atoms with Gasteiger partial charge >= 0.3 is 152 Å². The van der Waals surface area contributed by atoms with Gasteiger partial charge in [0, 0.05) is 0 Å². The minimum atomic E-state index is -3.35. The van der Waals surface area contributed by atoms with Crippen LogP contribution in [0.2, 0.25) is 0 Å². The van der Waals surface area contributed by atoms with Crippen LogP contribution in [0, 0.1) is 13.8 Å². The van der Waals surface area contributed by atoms with Crippen LogP contribution in [0.15, 0.2) is 58.3 Å². The summed E-state index contributed by atoms with van der Waals surface area (Å²) in [5.74, 6) is 0. The van der Waals surface area contributed by atoms with E-state index in [2.05, 4.69) is 0 Å². The van der Waals surface area contributed by atoms with Crippen molar-refractivity contribution in [2.24, 2.45) is 0 Å². The average Bonchev–Trinajstić information content (AvgIpc) is 2.47. The number of aryl methyl sites for hydroxylation is 2. The predicted octanol–water partition coefficient (Wildman–Crippen LogP) is 1.32.